The molecule has 0 saturated carbocycles. The van der Waals surface area contributed by atoms with Crippen LogP contribution in [-0.2, 0) is 11.2 Å². The molecule has 0 aromatic heterocycles. The van der Waals surface area contributed by atoms with Crippen LogP contribution < -0.4 is 5.32 Å². The van der Waals surface area contributed by atoms with Crippen LogP contribution in [0.5, 0.6) is 0 Å². The third kappa shape index (κ3) is 1.84. The number of nitrogens with one attached hydrogen (secondary N) is 1. The molecule has 0 bridgehead atoms. The van der Waals surface area contributed by atoms with E-state index in [0.717, 1.165) is 18.5 Å². The molecule has 0 heterocycles. The summed E-state index contributed by atoms with van der Waals surface area (Å²) in [4.78, 5) is 10.9. The number of carbonyl (C=O) groups is 1. The van der Waals surface area contributed by atoms with Crippen molar-refractivity contribution in [2.24, 2.45) is 0 Å². The minimum atomic E-state index is -0.0234. The van der Waals surface area contributed by atoms with E-state index in [4.69, 9.17) is 0 Å². The molecule has 1 aromatic carbocycles. The van der Waals surface area contributed by atoms with Gasteiger partial charge in [-0.05, 0) is 36.1 Å². The van der Waals surface area contributed by atoms with Crippen LogP contribution in [0.3, 0.4) is 0 Å². The molecule has 2 rings (SSSR count). The molecule has 14 heavy (non-hydrogen) atoms. The second-order valence-corrected chi connectivity index (χ2v) is 3.54. The molecule has 1 N–H and O–H groups in total. The van der Waals surface area contributed by atoms with E-state index in [2.05, 4.69) is 23.5 Å². The van der Waals surface area contributed by atoms with Crippen LogP contribution in [0.2, 0.25) is 0 Å². The summed E-state index contributed by atoms with van der Waals surface area (Å²) in [6, 6.07) is 6.07. The molecular formula is C12H13NO. The summed E-state index contributed by atoms with van der Waals surface area (Å²) in [7, 11) is 0. The number of amides is 1. The van der Waals surface area contributed by atoms with Crippen LogP contribution >= 0.6 is 0 Å². The van der Waals surface area contributed by atoms with Gasteiger partial charge in [0.1, 0.15) is 0 Å². The number of rotatable bonds is 1. The van der Waals surface area contributed by atoms with Crippen molar-refractivity contribution in [2.45, 2.75) is 19.8 Å². The van der Waals surface area contributed by atoms with E-state index in [0.29, 0.717) is 0 Å². The molecule has 2 nitrogen and oxygen atoms in total. The number of carbonyl (C=O) groups excluding carboxylic acids is 1. The minimum absolute atomic E-state index is 0.0234. The number of allylic oxidation sites excluding steroid dienone is 1. The highest BCUT2D eigenvalue weighted by molar-refractivity contribution is 5.89. The van der Waals surface area contributed by atoms with Gasteiger partial charge in [0.05, 0.1) is 0 Å². The number of hydrogen-bond donors (Lipinski definition) is 1. The molecule has 0 saturated heterocycles. The van der Waals surface area contributed by atoms with Crippen molar-refractivity contribution in [1.82, 2.24) is 0 Å². The Bertz CT molecular complexity index is 393. The van der Waals surface area contributed by atoms with E-state index in [1.807, 2.05) is 12.1 Å². The zero-order valence-corrected chi connectivity index (χ0v) is 8.21. The molecule has 2 heteroatoms. The molecular weight excluding hydrogens is 174 g/mol. The SMILES string of the molecule is CC(=O)Nc1ccc2c(c1)C=CCC2. The maximum absolute atomic E-state index is 10.9. The summed E-state index contributed by atoms with van der Waals surface area (Å²) in [6.45, 7) is 1.52. The smallest absolute Gasteiger partial charge is 0.221 e. The maximum atomic E-state index is 10.9. The first-order chi connectivity index (χ1) is 6.75. The van der Waals surface area contributed by atoms with E-state index in [1.54, 1.807) is 0 Å². The molecule has 1 amide bonds. The van der Waals surface area contributed by atoms with Gasteiger partial charge in [0, 0.05) is 12.6 Å². The lowest BCUT2D eigenvalue weighted by atomic mass is 9.97. The summed E-state index contributed by atoms with van der Waals surface area (Å²) in [5.41, 5.74) is 3.46. The molecule has 1 aliphatic carbocycles. The van der Waals surface area contributed by atoms with Crippen LogP contribution in [0, 0.1) is 0 Å². The average molecular weight is 187 g/mol. The van der Waals surface area contributed by atoms with Crippen molar-refractivity contribution in [3.8, 4) is 0 Å². The molecule has 1 aromatic rings. The summed E-state index contributed by atoms with van der Waals surface area (Å²) < 4.78 is 0. The van der Waals surface area contributed by atoms with Crippen LogP contribution in [0.25, 0.3) is 6.08 Å². The second-order valence-electron chi connectivity index (χ2n) is 3.54. The lowest BCUT2D eigenvalue weighted by molar-refractivity contribution is -0.114. The number of fused-ring (bicyclic) bond motifs is 1. The first kappa shape index (κ1) is 9.00. The molecule has 1 aliphatic rings. The van der Waals surface area contributed by atoms with Crippen molar-refractivity contribution >= 4 is 17.7 Å². The first-order valence-electron chi connectivity index (χ1n) is 4.83. The quantitative estimate of drug-likeness (QED) is 0.719. The Balaban J connectivity index is 2.30. The van der Waals surface area contributed by atoms with Crippen molar-refractivity contribution in [1.29, 1.82) is 0 Å². The molecule has 72 valence electrons. The molecule has 0 atom stereocenters. The van der Waals surface area contributed by atoms with Crippen LogP contribution in [0.1, 0.15) is 24.5 Å². The van der Waals surface area contributed by atoms with Gasteiger partial charge in [0.25, 0.3) is 0 Å². The fourth-order valence-electron chi connectivity index (χ4n) is 1.71. The van der Waals surface area contributed by atoms with Crippen molar-refractivity contribution < 1.29 is 4.79 Å². The Morgan fingerprint density at radius 1 is 1.43 bits per heavy atom. The van der Waals surface area contributed by atoms with Gasteiger partial charge >= 0.3 is 0 Å². The van der Waals surface area contributed by atoms with Gasteiger partial charge < -0.3 is 5.32 Å². The molecule has 0 fully saturated rings. The predicted molar refractivity (Wildman–Crippen MR) is 58.1 cm³/mol. The van der Waals surface area contributed by atoms with Gasteiger partial charge in [-0.15, -0.1) is 0 Å². The minimum Gasteiger partial charge on any atom is -0.326 e. The Morgan fingerprint density at radius 3 is 3.07 bits per heavy atom. The summed E-state index contributed by atoms with van der Waals surface area (Å²) in [5, 5.41) is 2.78. The zero-order chi connectivity index (χ0) is 9.97. The van der Waals surface area contributed by atoms with Gasteiger partial charge in [-0.25, -0.2) is 0 Å². The van der Waals surface area contributed by atoms with Gasteiger partial charge in [-0.1, -0.05) is 18.2 Å². The van der Waals surface area contributed by atoms with Crippen LogP contribution in [-0.4, -0.2) is 5.91 Å². The summed E-state index contributed by atoms with van der Waals surface area (Å²) in [6.07, 6.45) is 6.50. The Morgan fingerprint density at radius 2 is 2.29 bits per heavy atom. The van der Waals surface area contributed by atoms with E-state index in [9.17, 15) is 4.79 Å². The van der Waals surface area contributed by atoms with Crippen LogP contribution in [0.4, 0.5) is 5.69 Å². The maximum Gasteiger partial charge on any atom is 0.221 e. The van der Waals surface area contributed by atoms with Crippen molar-refractivity contribution in [3.05, 3.63) is 35.4 Å². The monoisotopic (exact) mass is 187 g/mol. The van der Waals surface area contributed by atoms with Gasteiger partial charge in [-0.3, -0.25) is 4.79 Å². The van der Waals surface area contributed by atoms with Crippen LogP contribution in [0.15, 0.2) is 24.3 Å². The number of anilines is 1. The van der Waals surface area contributed by atoms with Gasteiger partial charge in [0.15, 0.2) is 0 Å². The molecule has 0 aliphatic heterocycles. The average Bonchev–Trinajstić information content (AvgIpc) is 2.17. The Kier molecular flexibility index (Phi) is 2.35. The fourth-order valence-corrected chi connectivity index (χ4v) is 1.71. The number of hydrogen-bond acceptors (Lipinski definition) is 1. The van der Waals surface area contributed by atoms with Crippen molar-refractivity contribution in [2.75, 3.05) is 5.32 Å². The summed E-state index contributed by atoms with van der Waals surface area (Å²) in [5.74, 6) is -0.0234. The standard InChI is InChI=1S/C12H13NO/c1-9(14)13-12-7-6-10-4-2-3-5-11(10)8-12/h3,5-8H,2,4H2,1H3,(H,13,14). The molecule has 0 radical (unpaired) electrons. The predicted octanol–water partition coefficient (Wildman–Crippen LogP) is 2.60. The molecule has 0 unspecified atom stereocenters. The normalized spacial score (nSPS) is 13.5. The highest BCUT2D eigenvalue weighted by atomic mass is 16.1. The Labute approximate surface area is 83.6 Å². The van der Waals surface area contributed by atoms with E-state index < -0.39 is 0 Å². The second kappa shape index (κ2) is 3.66. The van der Waals surface area contributed by atoms with Gasteiger partial charge in [0.2, 0.25) is 5.91 Å². The van der Waals surface area contributed by atoms with E-state index in [1.165, 1.54) is 18.1 Å². The summed E-state index contributed by atoms with van der Waals surface area (Å²) >= 11 is 0. The van der Waals surface area contributed by atoms with E-state index >= 15 is 0 Å². The highest BCUT2D eigenvalue weighted by Crippen LogP contribution is 2.22. The fraction of sp³-hybridized carbons (Fsp3) is 0.250. The molecule has 0 spiro atoms. The van der Waals surface area contributed by atoms with E-state index in [-0.39, 0.29) is 5.91 Å². The topological polar surface area (TPSA) is 29.1 Å². The highest BCUT2D eigenvalue weighted by Gasteiger charge is 2.05. The Hall–Kier alpha value is -1.57. The lowest BCUT2D eigenvalue weighted by Gasteiger charge is -2.11. The number of benzene rings is 1. The largest absolute Gasteiger partial charge is 0.326 e. The zero-order valence-electron chi connectivity index (χ0n) is 8.21. The number of aryl methyl sites for hydroxylation is 1. The third-order valence-corrected chi connectivity index (χ3v) is 2.34. The van der Waals surface area contributed by atoms with Crippen molar-refractivity contribution in [3.63, 3.8) is 0 Å². The first-order valence-corrected chi connectivity index (χ1v) is 4.83. The van der Waals surface area contributed by atoms with Gasteiger partial charge in [-0.2, -0.15) is 0 Å². The third-order valence-electron chi connectivity index (χ3n) is 2.34. The lowest BCUT2D eigenvalue weighted by Crippen LogP contribution is -2.06.